The van der Waals surface area contributed by atoms with Crippen molar-refractivity contribution in [1.29, 1.82) is 0 Å². The molecule has 0 unspecified atom stereocenters. The summed E-state index contributed by atoms with van der Waals surface area (Å²) in [5.74, 6) is 0. The van der Waals surface area contributed by atoms with Crippen LogP contribution in [-0.2, 0) is 0 Å². The van der Waals surface area contributed by atoms with Gasteiger partial charge in [0.2, 0.25) is 0 Å². The first-order chi connectivity index (χ1) is 6.42. The van der Waals surface area contributed by atoms with Gasteiger partial charge in [-0.1, -0.05) is 37.3 Å². The Kier molecular flexibility index (Phi) is 2.46. The van der Waals surface area contributed by atoms with Gasteiger partial charge in [-0.05, 0) is 28.8 Å². The number of thiophene rings is 1. The van der Waals surface area contributed by atoms with Crippen molar-refractivity contribution < 1.29 is 0 Å². The number of hydrogen-bond acceptors (Lipinski definition) is 1. The predicted molar refractivity (Wildman–Crippen MR) is 61.2 cm³/mol. The molecule has 0 saturated carbocycles. The Balaban J connectivity index is 2.52. The molecular weight excluding hydrogens is 176 g/mol. The maximum atomic E-state index is 2.22. The highest BCUT2D eigenvalue weighted by Crippen LogP contribution is 2.26. The Morgan fingerprint density at radius 1 is 1.31 bits per heavy atom. The van der Waals surface area contributed by atoms with Crippen LogP contribution in [-0.4, -0.2) is 0 Å². The second-order valence-electron chi connectivity index (χ2n) is 3.00. The van der Waals surface area contributed by atoms with Crippen molar-refractivity contribution in [2.45, 2.75) is 13.3 Å². The van der Waals surface area contributed by atoms with Crippen LogP contribution in [0.1, 0.15) is 18.9 Å². The first-order valence-electron chi connectivity index (χ1n) is 4.54. The predicted octanol–water partition coefficient (Wildman–Crippen LogP) is 4.32. The zero-order chi connectivity index (χ0) is 9.10. The number of rotatable bonds is 2. The Morgan fingerprint density at radius 3 is 3.00 bits per heavy atom. The number of hydrogen-bond donors (Lipinski definition) is 0. The van der Waals surface area contributed by atoms with E-state index in [9.17, 15) is 0 Å². The monoisotopic (exact) mass is 188 g/mol. The van der Waals surface area contributed by atoms with E-state index >= 15 is 0 Å². The molecule has 1 heterocycles. The average Bonchev–Trinajstić information content (AvgIpc) is 2.58. The normalized spacial score (nSPS) is 11.5. The molecule has 0 spiro atoms. The van der Waals surface area contributed by atoms with Gasteiger partial charge in [0.15, 0.2) is 0 Å². The third-order valence-corrected chi connectivity index (χ3v) is 3.03. The Morgan fingerprint density at radius 2 is 2.15 bits per heavy atom. The molecule has 2 aromatic rings. The Bertz CT molecular complexity index is 423. The third-order valence-electron chi connectivity index (χ3n) is 2.04. The molecule has 0 radical (unpaired) electrons. The first-order valence-corrected chi connectivity index (χ1v) is 5.42. The minimum atomic E-state index is 1.10. The molecule has 13 heavy (non-hydrogen) atoms. The first kappa shape index (κ1) is 8.52. The van der Waals surface area contributed by atoms with Crippen molar-refractivity contribution in [3.63, 3.8) is 0 Å². The minimum Gasteiger partial charge on any atom is -0.143 e. The van der Waals surface area contributed by atoms with Gasteiger partial charge < -0.3 is 0 Å². The standard InChI is InChI=1S/C12H12S/c1-2-3-6-10-9-13-12-8-5-4-7-11(10)12/h3-9H,2H2,1H3/b6-3+. The van der Waals surface area contributed by atoms with E-state index in [0.717, 1.165) is 6.42 Å². The van der Waals surface area contributed by atoms with Crippen LogP contribution in [0.25, 0.3) is 16.2 Å². The van der Waals surface area contributed by atoms with E-state index in [-0.39, 0.29) is 0 Å². The number of allylic oxidation sites excluding steroid dienone is 1. The molecule has 0 atom stereocenters. The Hall–Kier alpha value is -1.08. The summed E-state index contributed by atoms with van der Waals surface area (Å²) in [7, 11) is 0. The number of fused-ring (bicyclic) bond motifs is 1. The summed E-state index contributed by atoms with van der Waals surface area (Å²) in [6, 6.07) is 8.54. The summed E-state index contributed by atoms with van der Waals surface area (Å²) in [4.78, 5) is 0. The van der Waals surface area contributed by atoms with Gasteiger partial charge in [-0.25, -0.2) is 0 Å². The van der Waals surface area contributed by atoms with E-state index in [0.29, 0.717) is 0 Å². The van der Waals surface area contributed by atoms with Crippen molar-refractivity contribution in [2.75, 3.05) is 0 Å². The zero-order valence-corrected chi connectivity index (χ0v) is 8.47. The summed E-state index contributed by atoms with van der Waals surface area (Å²) in [6.07, 6.45) is 5.51. The van der Waals surface area contributed by atoms with Gasteiger partial charge in [0.25, 0.3) is 0 Å². The van der Waals surface area contributed by atoms with Crippen molar-refractivity contribution in [1.82, 2.24) is 0 Å². The van der Waals surface area contributed by atoms with Gasteiger partial charge in [-0.15, -0.1) is 11.3 Å². The van der Waals surface area contributed by atoms with E-state index < -0.39 is 0 Å². The molecule has 1 heteroatoms. The van der Waals surface area contributed by atoms with Crippen LogP contribution in [0, 0.1) is 0 Å². The second-order valence-corrected chi connectivity index (χ2v) is 3.91. The second kappa shape index (κ2) is 3.75. The molecule has 1 aromatic heterocycles. The van der Waals surface area contributed by atoms with Crippen LogP contribution in [0.2, 0.25) is 0 Å². The lowest BCUT2D eigenvalue weighted by atomic mass is 10.1. The fraction of sp³-hybridized carbons (Fsp3) is 0.167. The average molecular weight is 188 g/mol. The van der Waals surface area contributed by atoms with E-state index in [1.165, 1.54) is 15.6 Å². The fourth-order valence-corrected chi connectivity index (χ4v) is 2.30. The maximum absolute atomic E-state index is 2.22. The quantitative estimate of drug-likeness (QED) is 0.658. The molecule has 66 valence electrons. The lowest BCUT2D eigenvalue weighted by Crippen LogP contribution is -1.66. The topological polar surface area (TPSA) is 0 Å². The van der Waals surface area contributed by atoms with Gasteiger partial charge in [0, 0.05) is 4.70 Å². The summed E-state index contributed by atoms with van der Waals surface area (Å²) in [6.45, 7) is 2.16. The lowest BCUT2D eigenvalue weighted by Gasteiger charge is -1.89. The lowest BCUT2D eigenvalue weighted by molar-refractivity contribution is 1.23. The van der Waals surface area contributed by atoms with Crippen molar-refractivity contribution in [3.8, 4) is 0 Å². The fourth-order valence-electron chi connectivity index (χ4n) is 1.37. The molecule has 0 nitrogen and oxygen atoms in total. The van der Waals surface area contributed by atoms with Crippen molar-refractivity contribution in [2.24, 2.45) is 0 Å². The van der Waals surface area contributed by atoms with Crippen molar-refractivity contribution in [3.05, 3.63) is 41.3 Å². The molecule has 0 aliphatic carbocycles. The maximum Gasteiger partial charge on any atom is 0.0348 e. The summed E-state index contributed by atoms with van der Waals surface area (Å²) in [5.41, 5.74) is 1.35. The van der Waals surface area contributed by atoms with Crippen LogP contribution >= 0.6 is 11.3 Å². The molecular formula is C12H12S. The zero-order valence-electron chi connectivity index (χ0n) is 7.66. The molecule has 1 aromatic carbocycles. The van der Waals surface area contributed by atoms with Crippen LogP contribution in [0.3, 0.4) is 0 Å². The van der Waals surface area contributed by atoms with Gasteiger partial charge >= 0.3 is 0 Å². The SMILES string of the molecule is CC/C=C/c1csc2ccccc12. The van der Waals surface area contributed by atoms with E-state index in [1.807, 2.05) is 11.3 Å². The smallest absolute Gasteiger partial charge is 0.0348 e. The molecule has 0 amide bonds. The van der Waals surface area contributed by atoms with E-state index in [2.05, 4.69) is 48.7 Å². The molecule has 0 bridgehead atoms. The van der Waals surface area contributed by atoms with Crippen LogP contribution < -0.4 is 0 Å². The Labute approximate surface area is 82.5 Å². The van der Waals surface area contributed by atoms with Gasteiger partial charge in [-0.2, -0.15) is 0 Å². The molecule has 0 saturated heterocycles. The molecule has 0 aliphatic rings. The van der Waals surface area contributed by atoms with Crippen molar-refractivity contribution >= 4 is 27.5 Å². The van der Waals surface area contributed by atoms with Gasteiger partial charge in [0.05, 0.1) is 0 Å². The van der Waals surface area contributed by atoms with Crippen LogP contribution in [0.15, 0.2) is 35.7 Å². The molecule has 0 fully saturated rings. The van der Waals surface area contributed by atoms with Gasteiger partial charge in [-0.3, -0.25) is 0 Å². The minimum absolute atomic E-state index is 1.10. The molecule has 2 rings (SSSR count). The summed E-state index contributed by atoms with van der Waals surface area (Å²) >= 11 is 1.81. The highest BCUT2D eigenvalue weighted by atomic mass is 32.1. The molecule has 0 N–H and O–H groups in total. The molecule has 0 aliphatic heterocycles. The largest absolute Gasteiger partial charge is 0.143 e. The summed E-state index contributed by atoms with van der Waals surface area (Å²) in [5, 5.41) is 3.59. The van der Waals surface area contributed by atoms with Crippen LogP contribution in [0.4, 0.5) is 0 Å². The summed E-state index contributed by atoms with van der Waals surface area (Å²) < 4.78 is 1.37. The third kappa shape index (κ3) is 1.65. The highest BCUT2D eigenvalue weighted by molar-refractivity contribution is 7.17. The van der Waals surface area contributed by atoms with E-state index in [4.69, 9.17) is 0 Å². The highest BCUT2D eigenvalue weighted by Gasteiger charge is 1.98. The van der Waals surface area contributed by atoms with Crippen LogP contribution in [0.5, 0.6) is 0 Å². The van der Waals surface area contributed by atoms with Gasteiger partial charge in [0.1, 0.15) is 0 Å². The van der Waals surface area contributed by atoms with E-state index in [1.54, 1.807) is 0 Å². The number of benzene rings is 1.